The second kappa shape index (κ2) is 5.44. The molecule has 0 unspecified atom stereocenters. The van der Waals surface area contributed by atoms with Crippen LogP contribution >= 0.6 is 0 Å². The summed E-state index contributed by atoms with van der Waals surface area (Å²) in [7, 11) is 1.70. The van der Waals surface area contributed by atoms with Crippen LogP contribution in [0.5, 0.6) is 5.75 Å². The number of ether oxygens (including phenoxy) is 1. The first kappa shape index (κ1) is 14.9. The fraction of sp³-hybridized carbons (Fsp3) is 0.562. The molecular weight excluding hydrogens is 254 g/mol. The second-order valence-corrected chi connectivity index (χ2v) is 6.43. The first-order chi connectivity index (χ1) is 9.31. The Balaban J connectivity index is 2.34. The summed E-state index contributed by atoms with van der Waals surface area (Å²) in [6.07, 6.45) is 0.878. The summed E-state index contributed by atoms with van der Waals surface area (Å²) in [5.74, 6) is 0.168. The zero-order valence-corrected chi connectivity index (χ0v) is 12.7. The lowest BCUT2D eigenvalue weighted by atomic mass is 9.83. The van der Waals surface area contributed by atoms with E-state index in [2.05, 4.69) is 32.9 Å². The summed E-state index contributed by atoms with van der Waals surface area (Å²) in [6.45, 7) is 8.08. The van der Waals surface area contributed by atoms with Gasteiger partial charge in [-0.1, -0.05) is 26.8 Å². The summed E-state index contributed by atoms with van der Waals surface area (Å²) in [5, 5.41) is 8.92. The zero-order chi connectivity index (χ0) is 14.9. The Bertz CT molecular complexity index is 517. The van der Waals surface area contributed by atoms with E-state index in [1.54, 1.807) is 7.11 Å². The normalized spacial score (nSPS) is 15.8. The molecule has 0 aliphatic carbocycles. The fourth-order valence-corrected chi connectivity index (χ4v) is 2.73. The number of benzene rings is 1. The number of nitrogens with zero attached hydrogens (tertiary/aromatic N) is 1. The van der Waals surface area contributed by atoms with E-state index < -0.39 is 5.97 Å². The topological polar surface area (TPSA) is 49.8 Å². The number of rotatable bonds is 3. The van der Waals surface area contributed by atoms with Crippen LogP contribution in [-0.2, 0) is 23.2 Å². The predicted molar refractivity (Wildman–Crippen MR) is 78.3 cm³/mol. The minimum Gasteiger partial charge on any atom is -0.496 e. The average Bonchev–Trinajstić information content (AvgIpc) is 2.35. The molecule has 0 aromatic heterocycles. The lowest BCUT2D eigenvalue weighted by Crippen LogP contribution is -2.35. The highest BCUT2D eigenvalue weighted by atomic mass is 16.5. The molecule has 0 fully saturated rings. The molecule has 0 atom stereocenters. The van der Waals surface area contributed by atoms with Gasteiger partial charge in [-0.2, -0.15) is 0 Å². The smallest absolute Gasteiger partial charge is 0.317 e. The Kier molecular flexibility index (Phi) is 4.04. The van der Waals surface area contributed by atoms with Crippen molar-refractivity contribution in [3.63, 3.8) is 0 Å². The number of carboxylic acids is 1. The van der Waals surface area contributed by atoms with Crippen molar-refractivity contribution in [2.75, 3.05) is 20.2 Å². The van der Waals surface area contributed by atoms with Crippen LogP contribution in [0.15, 0.2) is 12.1 Å². The standard InChI is InChI=1S/C16H23NO3/c1-16(2,3)13-7-12-9-17(10-15(18)19)6-5-11(12)8-14(13)20-4/h7-8H,5-6,9-10H2,1-4H3,(H,18,19). The molecule has 0 bridgehead atoms. The number of hydrogen-bond donors (Lipinski definition) is 1. The fourth-order valence-electron chi connectivity index (χ4n) is 2.73. The summed E-state index contributed by atoms with van der Waals surface area (Å²) in [4.78, 5) is 12.8. The maximum absolute atomic E-state index is 10.8. The lowest BCUT2D eigenvalue weighted by Gasteiger charge is -2.30. The van der Waals surface area contributed by atoms with E-state index in [9.17, 15) is 4.79 Å². The van der Waals surface area contributed by atoms with Crippen LogP contribution in [0.2, 0.25) is 0 Å². The molecule has 1 aromatic rings. The molecular formula is C16H23NO3. The first-order valence-corrected chi connectivity index (χ1v) is 6.95. The molecule has 4 nitrogen and oxygen atoms in total. The molecule has 0 saturated carbocycles. The third kappa shape index (κ3) is 3.12. The molecule has 1 aliphatic heterocycles. The SMILES string of the molecule is COc1cc2c(cc1C(C)(C)C)CN(CC(=O)O)CC2. The van der Waals surface area contributed by atoms with Gasteiger partial charge in [-0.15, -0.1) is 0 Å². The van der Waals surface area contributed by atoms with Crippen LogP contribution in [-0.4, -0.2) is 36.2 Å². The minimum absolute atomic E-state index is 0.00937. The number of hydrogen-bond acceptors (Lipinski definition) is 3. The van der Waals surface area contributed by atoms with Crippen molar-refractivity contribution >= 4 is 5.97 Å². The molecule has 110 valence electrons. The van der Waals surface area contributed by atoms with Crippen LogP contribution in [0.4, 0.5) is 0 Å². The highest BCUT2D eigenvalue weighted by Crippen LogP contribution is 2.35. The van der Waals surface area contributed by atoms with E-state index in [4.69, 9.17) is 9.84 Å². The highest BCUT2D eigenvalue weighted by molar-refractivity contribution is 5.69. The van der Waals surface area contributed by atoms with Crippen LogP contribution in [0.3, 0.4) is 0 Å². The average molecular weight is 277 g/mol. The quantitative estimate of drug-likeness (QED) is 0.922. The number of aliphatic carboxylic acids is 1. The van der Waals surface area contributed by atoms with E-state index in [-0.39, 0.29) is 12.0 Å². The zero-order valence-electron chi connectivity index (χ0n) is 12.7. The van der Waals surface area contributed by atoms with E-state index in [0.29, 0.717) is 6.54 Å². The van der Waals surface area contributed by atoms with Gasteiger partial charge in [0.15, 0.2) is 0 Å². The largest absolute Gasteiger partial charge is 0.496 e. The van der Waals surface area contributed by atoms with Crippen molar-refractivity contribution in [2.45, 2.75) is 39.2 Å². The Labute approximate surface area is 120 Å². The summed E-state index contributed by atoms with van der Waals surface area (Å²) < 4.78 is 5.52. The summed E-state index contributed by atoms with van der Waals surface area (Å²) in [6, 6.07) is 4.30. The number of carbonyl (C=O) groups is 1. The second-order valence-electron chi connectivity index (χ2n) is 6.43. The molecule has 20 heavy (non-hydrogen) atoms. The molecule has 0 saturated heterocycles. The first-order valence-electron chi connectivity index (χ1n) is 6.95. The van der Waals surface area contributed by atoms with Crippen molar-refractivity contribution in [1.29, 1.82) is 0 Å². The van der Waals surface area contributed by atoms with E-state index >= 15 is 0 Å². The molecule has 1 aliphatic rings. The van der Waals surface area contributed by atoms with Gasteiger partial charge in [-0.3, -0.25) is 9.69 Å². The Morgan fingerprint density at radius 1 is 1.35 bits per heavy atom. The molecule has 0 radical (unpaired) electrons. The summed E-state index contributed by atoms with van der Waals surface area (Å²) >= 11 is 0. The lowest BCUT2D eigenvalue weighted by molar-refractivity contribution is -0.138. The third-order valence-electron chi connectivity index (χ3n) is 3.78. The van der Waals surface area contributed by atoms with Gasteiger partial charge in [0.2, 0.25) is 0 Å². The van der Waals surface area contributed by atoms with Crippen LogP contribution in [0, 0.1) is 0 Å². The van der Waals surface area contributed by atoms with Gasteiger partial charge in [0, 0.05) is 13.1 Å². The van der Waals surface area contributed by atoms with E-state index in [1.165, 1.54) is 16.7 Å². The van der Waals surface area contributed by atoms with Gasteiger partial charge >= 0.3 is 5.97 Å². The maximum Gasteiger partial charge on any atom is 0.317 e. The van der Waals surface area contributed by atoms with Gasteiger partial charge in [0.25, 0.3) is 0 Å². The Morgan fingerprint density at radius 3 is 2.60 bits per heavy atom. The molecule has 1 aromatic carbocycles. The Hall–Kier alpha value is -1.55. The maximum atomic E-state index is 10.8. The van der Waals surface area contributed by atoms with Crippen molar-refractivity contribution in [3.8, 4) is 5.75 Å². The Morgan fingerprint density at radius 2 is 2.05 bits per heavy atom. The molecule has 4 heteroatoms. The van der Waals surface area contributed by atoms with E-state index in [0.717, 1.165) is 18.7 Å². The monoisotopic (exact) mass is 277 g/mol. The van der Waals surface area contributed by atoms with Gasteiger partial charge in [-0.25, -0.2) is 0 Å². The third-order valence-corrected chi connectivity index (χ3v) is 3.78. The minimum atomic E-state index is -0.766. The predicted octanol–water partition coefficient (Wildman–Crippen LogP) is 2.44. The van der Waals surface area contributed by atoms with Gasteiger partial charge in [0.05, 0.1) is 13.7 Å². The molecule has 0 amide bonds. The van der Waals surface area contributed by atoms with Crippen LogP contribution in [0.1, 0.15) is 37.5 Å². The summed E-state index contributed by atoms with van der Waals surface area (Å²) in [5.41, 5.74) is 3.69. The van der Waals surface area contributed by atoms with Crippen molar-refractivity contribution in [1.82, 2.24) is 4.90 Å². The molecule has 1 heterocycles. The molecule has 2 rings (SSSR count). The van der Waals surface area contributed by atoms with Crippen LogP contribution in [0.25, 0.3) is 0 Å². The number of fused-ring (bicyclic) bond motifs is 1. The van der Waals surface area contributed by atoms with E-state index in [1.807, 2.05) is 4.90 Å². The van der Waals surface area contributed by atoms with Crippen molar-refractivity contribution in [3.05, 3.63) is 28.8 Å². The van der Waals surface area contributed by atoms with Gasteiger partial charge in [0.1, 0.15) is 5.75 Å². The molecule has 1 N–H and O–H groups in total. The van der Waals surface area contributed by atoms with Gasteiger partial charge < -0.3 is 9.84 Å². The molecule has 0 spiro atoms. The van der Waals surface area contributed by atoms with Gasteiger partial charge in [-0.05, 0) is 34.6 Å². The number of carboxylic acid groups (broad SMARTS) is 1. The van der Waals surface area contributed by atoms with Crippen LogP contribution < -0.4 is 4.74 Å². The number of methoxy groups -OCH3 is 1. The van der Waals surface area contributed by atoms with Crippen molar-refractivity contribution < 1.29 is 14.6 Å². The van der Waals surface area contributed by atoms with Crippen molar-refractivity contribution in [2.24, 2.45) is 0 Å². The highest BCUT2D eigenvalue weighted by Gasteiger charge is 2.24.